The minimum absolute atomic E-state index is 0.222. The summed E-state index contributed by atoms with van der Waals surface area (Å²) in [5.41, 5.74) is 0.0963. The van der Waals surface area contributed by atoms with Gasteiger partial charge in [0.2, 0.25) is 0 Å². The van der Waals surface area contributed by atoms with Gasteiger partial charge < -0.3 is 4.74 Å². The molecule has 0 aliphatic heterocycles. The van der Waals surface area contributed by atoms with Crippen molar-refractivity contribution >= 4 is 12.0 Å². The average Bonchev–Trinajstić information content (AvgIpc) is 3.10. The Bertz CT molecular complexity index is 598. The van der Waals surface area contributed by atoms with Crippen LogP contribution in [0, 0.1) is 16.0 Å². The van der Waals surface area contributed by atoms with Crippen molar-refractivity contribution in [2.75, 3.05) is 6.61 Å². The van der Waals surface area contributed by atoms with E-state index in [0.717, 1.165) is 5.56 Å². The molecule has 6 heteroatoms. The van der Waals surface area contributed by atoms with E-state index >= 15 is 0 Å². The molecule has 2 aliphatic rings. The summed E-state index contributed by atoms with van der Waals surface area (Å²) in [6.07, 6.45) is 4.73. The van der Waals surface area contributed by atoms with Gasteiger partial charge in [-0.1, -0.05) is 6.07 Å². The molecule has 19 heavy (non-hydrogen) atoms. The van der Waals surface area contributed by atoms with E-state index in [9.17, 15) is 14.9 Å². The lowest BCUT2D eigenvalue weighted by atomic mass is 9.99. The zero-order valence-corrected chi connectivity index (χ0v) is 10.3. The van der Waals surface area contributed by atoms with Crippen molar-refractivity contribution in [3.05, 3.63) is 45.8 Å². The van der Waals surface area contributed by atoms with Gasteiger partial charge in [0.15, 0.2) is 0 Å². The number of aromatic nitrogens is 1. The van der Waals surface area contributed by atoms with Gasteiger partial charge in [-0.05, 0) is 30.7 Å². The molecule has 1 heterocycles. The smallest absolute Gasteiger partial charge is 0.317 e. The highest BCUT2D eigenvalue weighted by Crippen LogP contribution is 2.63. The van der Waals surface area contributed by atoms with E-state index in [0.29, 0.717) is 5.69 Å². The van der Waals surface area contributed by atoms with Crippen molar-refractivity contribution < 1.29 is 14.5 Å². The summed E-state index contributed by atoms with van der Waals surface area (Å²) in [7, 11) is 0. The number of nitrogens with zero attached hydrogens (tertiary/aromatic N) is 2. The molecule has 3 unspecified atom stereocenters. The van der Waals surface area contributed by atoms with Gasteiger partial charge in [0.05, 0.1) is 18.2 Å². The minimum Gasteiger partial charge on any atom is -0.466 e. The first-order valence-electron chi connectivity index (χ1n) is 6.08. The average molecular weight is 260 g/mol. The summed E-state index contributed by atoms with van der Waals surface area (Å²) in [4.78, 5) is 27.1. The number of ether oxygens (including phenoxy) is 1. The third-order valence-corrected chi connectivity index (χ3v) is 3.79. The first-order valence-corrected chi connectivity index (χ1v) is 6.08. The number of carbonyl (C=O) groups is 1. The number of fused-ring (bicyclic) bond motifs is 3. The maximum absolute atomic E-state index is 11.9. The van der Waals surface area contributed by atoms with Gasteiger partial charge in [-0.3, -0.25) is 19.9 Å². The van der Waals surface area contributed by atoms with Crippen molar-refractivity contribution in [2.45, 2.75) is 18.4 Å². The molecule has 98 valence electrons. The molecule has 0 radical (unpaired) electrons. The number of rotatable bonds is 3. The topological polar surface area (TPSA) is 82.3 Å². The number of nitro groups is 1. The van der Waals surface area contributed by atoms with Gasteiger partial charge in [0, 0.05) is 11.1 Å². The Morgan fingerprint density at radius 3 is 3.11 bits per heavy atom. The molecule has 2 aliphatic carbocycles. The third kappa shape index (κ3) is 1.43. The second-order valence-corrected chi connectivity index (χ2v) is 4.66. The molecule has 3 atom stereocenters. The molecule has 0 N–H and O–H groups in total. The predicted octanol–water partition coefficient (Wildman–Crippen LogP) is 1.40. The van der Waals surface area contributed by atoms with Crippen LogP contribution in [0.1, 0.15) is 24.1 Å². The second-order valence-electron chi connectivity index (χ2n) is 4.66. The van der Waals surface area contributed by atoms with E-state index in [1.165, 1.54) is 6.08 Å². The Kier molecular flexibility index (Phi) is 2.41. The monoisotopic (exact) mass is 260 g/mol. The molecule has 6 nitrogen and oxygen atoms in total. The number of hydrogen-bond acceptors (Lipinski definition) is 5. The van der Waals surface area contributed by atoms with Crippen LogP contribution < -0.4 is 0 Å². The molecule has 1 saturated carbocycles. The van der Waals surface area contributed by atoms with Gasteiger partial charge in [0.25, 0.3) is 5.54 Å². The zero-order valence-electron chi connectivity index (χ0n) is 10.3. The lowest BCUT2D eigenvalue weighted by Crippen LogP contribution is -2.27. The van der Waals surface area contributed by atoms with E-state index in [2.05, 4.69) is 4.98 Å². The summed E-state index contributed by atoms with van der Waals surface area (Å²) in [5.74, 6) is -1.72. The Morgan fingerprint density at radius 2 is 2.42 bits per heavy atom. The third-order valence-electron chi connectivity index (χ3n) is 3.79. The van der Waals surface area contributed by atoms with Gasteiger partial charge in [-0.15, -0.1) is 0 Å². The molecule has 0 aromatic carbocycles. The van der Waals surface area contributed by atoms with E-state index in [-0.39, 0.29) is 11.5 Å². The Morgan fingerprint density at radius 1 is 1.63 bits per heavy atom. The maximum Gasteiger partial charge on any atom is 0.317 e. The lowest BCUT2D eigenvalue weighted by Gasteiger charge is -2.10. The number of esters is 1. The van der Waals surface area contributed by atoms with Crippen molar-refractivity contribution in [2.24, 2.45) is 5.92 Å². The SMILES string of the molecule is CCOC(=O)C1C2c3cccnc3C=CC12[N+](=O)[O-]. The van der Waals surface area contributed by atoms with Crippen LogP contribution in [0.3, 0.4) is 0 Å². The van der Waals surface area contributed by atoms with E-state index in [1.807, 2.05) is 0 Å². The maximum atomic E-state index is 11.9. The van der Waals surface area contributed by atoms with Crippen LogP contribution in [0.5, 0.6) is 0 Å². The van der Waals surface area contributed by atoms with Crippen LogP contribution >= 0.6 is 0 Å². The fraction of sp³-hybridized carbons (Fsp3) is 0.385. The molecular weight excluding hydrogens is 248 g/mol. The highest BCUT2D eigenvalue weighted by molar-refractivity contribution is 5.84. The zero-order chi connectivity index (χ0) is 13.6. The minimum atomic E-state index is -1.34. The van der Waals surface area contributed by atoms with E-state index < -0.39 is 23.3 Å². The number of carbonyl (C=O) groups excluding carboxylic acids is 1. The molecule has 1 fully saturated rings. The molecule has 0 spiro atoms. The fourth-order valence-corrected chi connectivity index (χ4v) is 2.92. The predicted molar refractivity (Wildman–Crippen MR) is 65.9 cm³/mol. The number of pyridine rings is 1. The fourth-order valence-electron chi connectivity index (χ4n) is 2.92. The summed E-state index contributed by atoms with van der Waals surface area (Å²) < 4.78 is 4.95. The van der Waals surface area contributed by atoms with Gasteiger partial charge in [-0.25, -0.2) is 0 Å². The largest absolute Gasteiger partial charge is 0.466 e. The molecule has 0 bridgehead atoms. The highest BCUT2D eigenvalue weighted by Gasteiger charge is 2.80. The molecule has 3 rings (SSSR count). The van der Waals surface area contributed by atoms with Crippen molar-refractivity contribution in [3.8, 4) is 0 Å². The van der Waals surface area contributed by atoms with Crippen LogP contribution in [0.4, 0.5) is 0 Å². The molecule has 0 amide bonds. The van der Waals surface area contributed by atoms with Gasteiger partial charge >= 0.3 is 5.97 Å². The summed E-state index contributed by atoms with van der Waals surface area (Å²) >= 11 is 0. The van der Waals surface area contributed by atoms with Gasteiger partial charge in [-0.2, -0.15) is 0 Å². The molecule has 1 aromatic heterocycles. The van der Waals surface area contributed by atoms with Crippen LogP contribution in [0.15, 0.2) is 24.4 Å². The first kappa shape index (κ1) is 11.8. The quantitative estimate of drug-likeness (QED) is 0.466. The second kappa shape index (κ2) is 3.88. The van der Waals surface area contributed by atoms with Crippen LogP contribution in [-0.4, -0.2) is 28.0 Å². The first-order chi connectivity index (χ1) is 9.13. The van der Waals surface area contributed by atoms with Crippen LogP contribution in [-0.2, 0) is 9.53 Å². The molecular formula is C13H12N2O4. The summed E-state index contributed by atoms with van der Waals surface area (Å²) in [5, 5.41) is 11.4. The van der Waals surface area contributed by atoms with Crippen LogP contribution in [0.2, 0.25) is 0 Å². The van der Waals surface area contributed by atoms with Crippen molar-refractivity contribution in [1.82, 2.24) is 4.98 Å². The summed E-state index contributed by atoms with van der Waals surface area (Å²) in [6.45, 7) is 1.91. The lowest BCUT2D eigenvalue weighted by molar-refractivity contribution is -0.528. The highest BCUT2D eigenvalue weighted by atomic mass is 16.6. The normalized spacial score (nSPS) is 30.2. The van der Waals surface area contributed by atoms with Gasteiger partial charge in [0.1, 0.15) is 5.92 Å². The summed E-state index contributed by atoms with van der Waals surface area (Å²) in [6, 6.07) is 3.51. The molecule has 1 aromatic rings. The van der Waals surface area contributed by atoms with E-state index in [1.54, 1.807) is 31.3 Å². The van der Waals surface area contributed by atoms with Crippen LogP contribution in [0.25, 0.3) is 6.08 Å². The van der Waals surface area contributed by atoms with Crippen molar-refractivity contribution in [3.63, 3.8) is 0 Å². The number of hydrogen-bond donors (Lipinski definition) is 0. The van der Waals surface area contributed by atoms with Crippen molar-refractivity contribution in [1.29, 1.82) is 0 Å². The Labute approximate surface area is 109 Å². The standard InChI is InChI=1S/C13H12N2O4/c1-2-19-12(16)11-10-8-4-3-7-14-9(8)5-6-13(10,11)15(17)18/h3-7,10-11H,2H2,1H3. The molecule has 0 saturated heterocycles. The Hall–Kier alpha value is -2.24. The van der Waals surface area contributed by atoms with E-state index in [4.69, 9.17) is 4.74 Å². The Balaban J connectivity index is 2.05.